The fourth-order valence-electron chi connectivity index (χ4n) is 4.63. The monoisotopic (exact) mass is 309 g/mol. The highest BCUT2D eigenvalue weighted by Crippen LogP contribution is 2.42. The first-order chi connectivity index (χ1) is 11.1. The molecule has 1 aromatic carbocycles. The minimum absolute atomic E-state index is 0.125. The van der Waals surface area contributed by atoms with Gasteiger partial charge in [-0.05, 0) is 49.2 Å². The molecule has 1 atom stereocenters. The third kappa shape index (κ3) is 3.61. The van der Waals surface area contributed by atoms with Gasteiger partial charge in [0.25, 0.3) is 0 Å². The van der Waals surface area contributed by atoms with Crippen LogP contribution in [0.3, 0.4) is 0 Å². The summed E-state index contributed by atoms with van der Waals surface area (Å²) in [7, 11) is 0. The number of rotatable bonds is 4. The van der Waals surface area contributed by atoms with E-state index in [4.69, 9.17) is 5.73 Å². The molecule has 0 aliphatic heterocycles. The highest BCUT2D eigenvalue weighted by molar-refractivity contribution is 5.78. The number of hydrogen-bond donors (Lipinski definition) is 1. The van der Waals surface area contributed by atoms with Crippen molar-refractivity contribution in [3.63, 3.8) is 0 Å². The molecule has 1 aromatic rings. The third-order valence-electron chi connectivity index (χ3n) is 5.98. The van der Waals surface area contributed by atoms with Crippen LogP contribution in [0.15, 0.2) is 48.1 Å². The standard InChI is InChI=1S/C22H31N/c1-3-7-18-10-12-20(13-11-18)22(23)15-14-21(17(2)16-22)19-8-5-4-6-9-19/h4-6,8-9,14-15,18,20H,3,7,10-13,16,23H2,1-2H3. The van der Waals surface area contributed by atoms with Gasteiger partial charge in [-0.2, -0.15) is 0 Å². The molecule has 124 valence electrons. The fraction of sp³-hybridized carbons (Fsp3) is 0.545. The van der Waals surface area contributed by atoms with Crippen molar-refractivity contribution >= 4 is 5.57 Å². The van der Waals surface area contributed by atoms with Gasteiger partial charge in [-0.25, -0.2) is 0 Å². The second kappa shape index (κ2) is 7.05. The molecule has 1 unspecified atom stereocenters. The molecule has 1 fully saturated rings. The molecule has 2 aliphatic rings. The summed E-state index contributed by atoms with van der Waals surface area (Å²) in [5.74, 6) is 1.60. The van der Waals surface area contributed by atoms with Gasteiger partial charge < -0.3 is 5.73 Å². The van der Waals surface area contributed by atoms with Gasteiger partial charge in [0.2, 0.25) is 0 Å². The topological polar surface area (TPSA) is 26.0 Å². The van der Waals surface area contributed by atoms with Gasteiger partial charge >= 0.3 is 0 Å². The second-order valence-electron chi connectivity index (χ2n) is 7.69. The predicted octanol–water partition coefficient (Wildman–Crippen LogP) is 5.72. The molecule has 2 aliphatic carbocycles. The van der Waals surface area contributed by atoms with Gasteiger partial charge in [-0.1, -0.05) is 80.7 Å². The smallest absolute Gasteiger partial charge is 0.0408 e. The van der Waals surface area contributed by atoms with Crippen molar-refractivity contribution in [1.29, 1.82) is 0 Å². The number of nitrogens with two attached hydrogens (primary N) is 1. The molecule has 0 heterocycles. The van der Waals surface area contributed by atoms with E-state index in [9.17, 15) is 0 Å². The molecule has 0 saturated heterocycles. The Morgan fingerprint density at radius 2 is 1.78 bits per heavy atom. The Morgan fingerprint density at radius 3 is 2.39 bits per heavy atom. The van der Waals surface area contributed by atoms with Crippen LogP contribution >= 0.6 is 0 Å². The van der Waals surface area contributed by atoms with Crippen LogP contribution in [0.4, 0.5) is 0 Å². The van der Waals surface area contributed by atoms with Crippen LogP contribution in [0.2, 0.25) is 0 Å². The molecule has 0 amide bonds. The largest absolute Gasteiger partial charge is 0.321 e. The lowest BCUT2D eigenvalue weighted by Crippen LogP contribution is -2.48. The first-order valence-corrected chi connectivity index (χ1v) is 9.35. The van der Waals surface area contributed by atoms with Gasteiger partial charge in [-0.3, -0.25) is 0 Å². The second-order valence-corrected chi connectivity index (χ2v) is 7.69. The average molecular weight is 309 g/mol. The zero-order valence-corrected chi connectivity index (χ0v) is 14.7. The summed E-state index contributed by atoms with van der Waals surface area (Å²) in [6.45, 7) is 4.57. The summed E-state index contributed by atoms with van der Waals surface area (Å²) >= 11 is 0. The van der Waals surface area contributed by atoms with Crippen LogP contribution in [-0.4, -0.2) is 5.54 Å². The van der Waals surface area contributed by atoms with Crippen LogP contribution in [0.5, 0.6) is 0 Å². The van der Waals surface area contributed by atoms with Gasteiger partial charge in [-0.15, -0.1) is 0 Å². The van der Waals surface area contributed by atoms with E-state index in [1.165, 1.54) is 55.2 Å². The zero-order chi connectivity index (χ0) is 16.3. The van der Waals surface area contributed by atoms with E-state index >= 15 is 0 Å². The molecule has 3 rings (SSSR count). The van der Waals surface area contributed by atoms with Crippen LogP contribution in [-0.2, 0) is 0 Å². The zero-order valence-electron chi connectivity index (χ0n) is 14.7. The first kappa shape index (κ1) is 16.5. The van der Waals surface area contributed by atoms with Crippen LogP contribution in [0.25, 0.3) is 5.57 Å². The van der Waals surface area contributed by atoms with E-state index in [0.717, 1.165) is 12.3 Å². The molecular weight excluding hydrogens is 278 g/mol. The molecule has 0 radical (unpaired) electrons. The van der Waals surface area contributed by atoms with Gasteiger partial charge in [0, 0.05) is 5.54 Å². The van der Waals surface area contributed by atoms with E-state index in [1.54, 1.807) is 0 Å². The van der Waals surface area contributed by atoms with Crippen molar-refractivity contribution in [2.24, 2.45) is 17.6 Å². The normalized spacial score (nSPS) is 31.4. The molecule has 1 heteroatoms. The summed E-state index contributed by atoms with van der Waals surface area (Å²) < 4.78 is 0. The van der Waals surface area contributed by atoms with Crippen molar-refractivity contribution in [3.8, 4) is 0 Å². The molecule has 1 nitrogen and oxygen atoms in total. The van der Waals surface area contributed by atoms with Crippen molar-refractivity contribution in [1.82, 2.24) is 0 Å². The minimum atomic E-state index is -0.125. The highest BCUT2D eigenvalue weighted by atomic mass is 14.8. The number of hydrogen-bond acceptors (Lipinski definition) is 1. The third-order valence-corrected chi connectivity index (χ3v) is 5.98. The Morgan fingerprint density at radius 1 is 1.09 bits per heavy atom. The lowest BCUT2D eigenvalue weighted by atomic mass is 9.67. The van der Waals surface area contributed by atoms with Gasteiger partial charge in [0.1, 0.15) is 0 Å². The van der Waals surface area contributed by atoms with Crippen LogP contribution in [0, 0.1) is 11.8 Å². The minimum Gasteiger partial charge on any atom is -0.321 e. The Bertz CT molecular complexity index is 575. The Kier molecular flexibility index (Phi) is 5.06. The maximum atomic E-state index is 6.86. The molecular formula is C22H31N. The quantitative estimate of drug-likeness (QED) is 0.756. The van der Waals surface area contributed by atoms with E-state index < -0.39 is 0 Å². The lowest BCUT2D eigenvalue weighted by molar-refractivity contribution is 0.196. The Labute approximate surface area is 141 Å². The van der Waals surface area contributed by atoms with Crippen molar-refractivity contribution in [3.05, 3.63) is 53.6 Å². The molecule has 23 heavy (non-hydrogen) atoms. The number of benzene rings is 1. The Balaban J connectivity index is 1.70. The van der Waals surface area contributed by atoms with E-state index in [2.05, 4.69) is 56.3 Å². The summed E-state index contributed by atoms with van der Waals surface area (Å²) in [5, 5.41) is 0. The van der Waals surface area contributed by atoms with Crippen LogP contribution < -0.4 is 5.73 Å². The summed E-state index contributed by atoms with van der Waals surface area (Å²) in [4.78, 5) is 0. The molecule has 0 bridgehead atoms. The van der Waals surface area contributed by atoms with Crippen molar-refractivity contribution in [2.75, 3.05) is 0 Å². The predicted molar refractivity (Wildman–Crippen MR) is 100 cm³/mol. The summed E-state index contributed by atoms with van der Waals surface area (Å²) in [6.07, 6.45) is 13.7. The van der Waals surface area contributed by atoms with Gasteiger partial charge in [0.15, 0.2) is 0 Å². The van der Waals surface area contributed by atoms with Crippen molar-refractivity contribution in [2.45, 2.75) is 64.3 Å². The SMILES string of the molecule is CCCC1CCC(C2(N)C=CC(c3ccccc3)=C(C)C2)CC1. The Hall–Kier alpha value is -1.34. The first-order valence-electron chi connectivity index (χ1n) is 9.35. The van der Waals surface area contributed by atoms with Gasteiger partial charge in [0.05, 0.1) is 0 Å². The molecule has 0 aromatic heterocycles. The molecule has 0 spiro atoms. The summed E-state index contributed by atoms with van der Waals surface area (Å²) in [5.41, 5.74) is 10.9. The maximum Gasteiger partial charge on any atom is 0.0408 e. The molecule has 2 N–H and O–H groups in total. The van der Waals surface area contributed by atoms with Crippen LogP contribution in [0.1, 0.15) is 64.4 Å². The number of allylic oxidation sites excluding steroid dienone is 2. The van der Waals surface area contributed by atoms with E-state index in [1.807, 2.05) is 0 Å². The summed E-state index contributed by atoms with van der Waals surface area (Å²) in [6, 6.07) is 10.7. The van der Waals surface area contributed by atoms with Crippen molar-refractivity contribution < 1.29 is 0 Å². The highest BCUT2D eigenvalue weighted by Gasteiger charge is 2.37. The van der Waals surface area contributed by atoms with E-state index in [-0.39, 0.29) is 5.54 Å². The lowest BCUT2D eigenvalue weighted by Gasteiger charge is -2.42. The molecule has 1 saturated carbocycles. The maximum absolute atomic E-state index is 6.86. The fourth-order valence-corrected chi connectivity index (χ4v) is 4.63. The van der Waals surface area contributed by atoms with E-state index in [0.29, 0.717) is 5.92 Å². The average Bonchev–Trinajstić information content (AvgIpc) is 2.56.